The van der Waals surface area contributed by atoms with Gasteiger partial charge in [-0.2, -0.15) is 0 Å². The third-order valence-electron chi connectivity index (χ3n) is 14.2. The maximum atomic E-state index is 13.0. The molecule has 9 atom stereocenters. The van der Waals surface area contributed by atoms with Crippen molar-refractivity contribution in [3.63, 3.8) is 0 Å². The Morgan fingerprint density at radius 1 is 0.800 bits per heavy atom. The van der Waals surface area contributed by atoms with Crippen LogP contribution in [0.5, 0.6) is 0 Å². The van der Waals surface area contributed by atoms with Crippen molar-refractivity contribution in [2.45, 2.75) is 201 Å². The topological polar surface area (TPSA) is 95.7 Å². The van der Waals surface area contributed by atoms with Gasteiger partial charge in [0.25, 0.3) is 0 Å². The fourth-order valence-electron chi connectivity index (χ4n) is 11.2. The van der Waals surface area contributed by atoms with Gasteiger partial charge in [0, 0.05) is 19.3 Å². The SMILES string of the molecule is CCCCCCCCCCCC(=O)OC(=O)CC[C@H](N)C(=O)O[C@H]1CC[C@@]2(C)C(=CC[C@H]3[C@@H]4CC[C@H]([C@H](C)CCCC(C)C)[C@@]4(C)CC[C@@H]32)C1. The second kappa shape index (κ2) is 19.4. The molecular formula is C44H75NO5. The highest BCUT2D eigenvalue weighted by molar-refractivity contribution is 5.86. The highest BCUT2D eigenvalue weighted by Gasteiger charge is 2.59. The lowest BCUT2D eigenvalue weighted by Gasteiger charge is -2.58. The van der Waals surface area contributed by atoms with Crippen LogP contribution in [0.15, 0.2) is 11.6 Å². The first-order valence-corrected chi connectivity index (χ1v) is 21.3. The van der Waals surface area contributed by atoms with Crippen molar-refractivity contribution in [2.75, 3.05) is 0 Å². The Balaban J connectivity index is 1.17. The van der Waals surface area contributed by atoms with Crippen LogP contribution in [0.1, 0.15) is 189 Å². The first kappa shape index (κ1) is 41.1. The molecule has 286 valence electrons. The second-order valence-electron chi connectivity index (χ2n) is 18.2. The quantitative estimate of drug-likeness (QED) is 0.0589. The van der Waals surface area contributed by atoms with Gasteiger partial charge in [0.15, 0.2) is 0 Å². The van der Waals surface area contributed by atoms with E-state index in [9.17, 15) is 14.4 Å². The fraction of sp³-hybridized carbons (Fsp3) is 0.886. The molecule has 0 amide bonds. The van der Waals surface area contributed by atoms with Crippen LogP contribution in [0, 0.1) is 46.3 Å². The summed E-state index contributed by atoms with van der Waals surface area (Å²) in [5, 5.41) is 0. The van der Waals surface area contributed by atoms with Crippen LogP contribution in [-0.4, -0.2) is 30.1 Å². The number of unbranched alkanes of at least 4 members (excludes halogenated alkanes) is 8. The minimum absolute atomic E-state index is 0.0611. The van der Waals surface area contributed by atoms with Crippen LogP contribution < -0.4 is 5.73 Å². The molecule has 50 heavy (non-hydrogen) atoms. The van der Waals surface area contributed by atoms with Crippen molar-refractivity contribution in [3.8, 4) is 0 Å². The second-order valence-corrected chi connectivity index (χ2v) is 18.2. The fourth-order valence-corrected chi connectivity index (χ4v) is 11.2. The molecule has 3 saturated carbocycles. The molecule has 0 aromatic rings. The van der Waals surface area contributed by atoms with Gasteiger partial charge in [-0.25, -0.2) is 0 Å². The number of fused-ring (bicyclic) bond motifs is 5. The van der Waals surface area contributed by atoms with E-state index < -0.39 is 23.9 Å². The highest BCUT2D eigenvalue weighted by atomic mass is 16.6. The zero-order valence-electron chi connectivity index (χ0n) is 33.1. The van der Waals surface area contributed by atoms with Gasteiger partial charge >= 0.3 is 17.9 Å². The zero-order valence-corrected chi connectivity index (χ0v) is 33.1. The van der Waals surface area contributed by atoms with Crippen LogP contribution in [0.4, 0.5) is 0 Å². The summed E-state index contributed by atoms with van der Waals surface area (Å²) in [6, 6.07) is -0.896. The molecule has 0 aromatic heterocycles. The molecule has 6 nitrogen and oxygen atoms in total. The molecule has 0 aromatic carbocycles. The van der Waals surface area contributed by atoms with Crippen LogP contribution in [0.2, 0.25) is 0 Å². The number of hydrogen-bond acceptors (Lipinski definition) is 6. The Morgan fingerprint density at radius 2 is 1.48 bits per heavy atom. The number of carbonyl (C=O) groups is 3. The molecule has 0 heterocycles. The molecule has 4 rings (SSSR count). The maximum Gasteiger partial charge on any atom is 0.323 e. The molecule has 0 unspecified atom stereocenters. The summed E-state index contributed by atoms with van der Waals surface area (Å²) in [6.07, 6.45) is 26.6. The molecule has 6 heteroatoms. The van der Waals surface area contributed by atoms with E-state index in [0.29, 0.717) is 5.41 Å². The molecular weight excluding hydrogens is 622 g/mol. The van der Waals surface area contributed by atoms with E-state index in [1.165, 1.54) is 95.5 Å². The molecule has 2 N–H and O–H groups in total. The summed E-state index contributed by atoms with van der Waals surface area (Å²) in [5.41, 5.74) is 8.34. The minimum Gasteiger partial charge on any atom is -0.461 e. The first-order valence-electron chi connectivity index (χ1n) is 21.3. The summed E-state index contributed by atoms with van der Waals surface area (Å²) in [5.74, 6) is 3.29. The first-order chi connectivity index (χ1) is 23.9. The third kappa shape index (κ3) is 10.7. The third-order valence-corrected chi connectivity index (χ3v) is 14.2. The Kier molecular flexibility index (Phi) is 15.9. The number of nitrogens with two attached hydrogens (primary N) is 1. The van der Waals surface area contributed by atoms with Crippen LogP contribution in [0.3, 0.4) is 0 Å². The summed E-state index contributed by atoms with van der Waals surface area (Å²) < 4.78 is 11.0. The smallest absolute Gasteiger partial charge is 0.323 e. The van der Waals surface area contributed by atoms with Gasteiger partial charge in [-0.05, 0) is 104 Å². The largest absolute Gasteiger partial charge is 0.461 e. The molecule has 4 aliphatic carbocycles. The molecule has 0 spiro atoms. The van der Waals surface area contributed by atoms with E-state index in [1.54, 1.807) is 0 Å². The maximum absolute atomic E-state index is 13.0. The van der Waals surface area contributed by atoms with Crippen molar-refractivity contribution in [2.24, 2.45) is 52.1 Å². The lowest BCUT2D eigenvalue weighted by molar-refractivity contribution is -0.160. The number of hydrogen-bond donors (Lipinski definition) is 1. The van der Waals surface area contributed by atoms with Gasteiger partial charge in [-0.3, -0.25) is 14.4 Å². The van der Waals surface area contributed by atoms with E-state index in [2.05, 4.69) is 47.6 Å². The Hall–Kier alpha value is -1.69. The van der Waals surface area contributed by atoms with Gasteiger partial charge in [0.1, 0.15) is 12.1 Å². The monoisotopic (exact) mass is 698 g/mol. The highest BCUT2D eigenvalue weighted by Crippen LogP contribution is 2.67. The Labute approximate surface area is 306 Å². The number of ether oxygens (including phenoxy) is 2. The molecule has 3 fully saturated rings. The van der Waals surface area contributed by atoms with E-state index in [0.717, 1.165) is 74.0 Å². The molecule has 0 bridgehead atoms. The van der Waals surface area contributed by atoms with Crippen molar-refractivity contribution < 1.29 is 23.9 Å². The normalized spacial score (nSPS) is 31.6. The zero-order chi connectivity index (χ0) is 36.3. The predicted molar refractivity (Wildman–Crippen MR) is 203 cm³/mol. The van der Waals surface area contributed by atoms with E-state index in [4.69, 9.17) is 15.2 Å². The van der Waals surface area contributed by atoms with Crippen LogP contribution in [0.25, 0.3) is 0 Å². The summed E-state index contributed by atoms with van der Waals surface area (Å²) >= 11 is 0. The van der Waals surface area contributed by atoms with Gasteiger partial charge in [-0.15, -0.1) is 0 Å². The van der Waals surface area contributed by atoms with Gasteiger partial charge in [0.05, 0.1) is 0 Å². The number of allylic oxidation sites excluding steroid dienone is 1. The summed E-state index contributed by atoms with van der Waals surface area (Å²) in [4.78, 5) is 37.4. The van der Waals surface area contributed by atoms with E-state index >= 15 is 0 Å². The van der Waals surface area contributed by atoms with Crippen LogP contribution >= 0.6 is 0 Å². The summed E-state index contributed by atoms with van der Waals surface area (Å²) in [7, 11) is 0. The van der Waals surface area contributed by atoms with Crippen LogP contribution in [-0.2, 0) is 23.9 Å². The van der Waals surface area contributed by atoms with Crippen molar-refractivity contribution in [3.05, 3.63) is 11.6 Å². The molecule has 4 aliphatic rings. The van der Waals surface area contributed by atoms with E-state index in [1.807, 2.05) is 0 Å². The predicted octanol–water partition coefficient (Wildman–Crippen LogP) is 11.0. The van der Waals surface area contributed by atoms with Crippen molar-refractivity contribution in [1.82, 2.24) is 0 Å². The number of rotatable bonds is 20. The Morgan fingerprint density at radius 3 is 2.18 bits per heavy atom. The van der Waals surface area contributed by atoms with Gasteiger partial charge in [-0.1, -0.05) is 124 Å². The van der Waals surface area contributed by atoms with Crippen molar-refractivity contribution >= 4 is 17.9 Å². The lowest BCUT2D eigenvalue weighted by atomic mass is 9.47. The lowest BCUT2D eigenvalue weighted by Crippen LogP contribution is -2.51. The molecule has 0 radical (unpaired) electrons. The van der Waals surface area contributed by atoms with E-state index in [-0.39, 0.29) is 30.8 Å². The van der Waals surface area contributed by atoms with Gasteiger partial charge < -0.3 is 15.2 Å². The number of esters is 3. The van der Waals surface area contributed by atoms with Crippen molar-refractivity contribution in [1.29, 1.82) is 0 Å². The Bertz CT molecular complexity index is 1130. The van der Waals surface area contributed by atoms with Gasteiger partial charge in [0.2, 0.25) is 0 Å². The molecule has 0 saturated heterocycles. The molecule has 0 aliphatic heterocycles. The average Bonchev–Trinajstić information content (AvgIpc) is 3.43. The number of carbonyl (C=O) groups excluding carboxylic acids is 3. The average molecular weight is 698 g/mol. The standard InChI is InChI=1S/C44H75NO5/c1-7-8-9-10-11-12-13-14-15-19-40(46)50-41(47)25-24-39(45)42(48)49-34-26-28-43(5)33(30-34)20-21-35-37-23-22-36(32(4)18-16-17-31(2)3)44(37,6)29-27-38(35)43/h20,31-32,34-39H,7-19,21-30,45H2,1-6H3/t32-,34+,35+,36-,37+,38+,39+,43+,44-/m1/s1. The summed E-state index contributed by atoms with van der Waals surface area (Å²) in [6.45, 7) is 14.6. The minimum atomic E-state index is -0.896.